The van der Waals surface area contributed by atoms with Crippen molar-refractivity contribution in [2.45, 2.75) is 19.9 Å². The normalized spacial score (nSPS) is 12.7. The predicted octanol–water partition coefficient (Wildman–Crippen LogP) is 6.49. The third-order valence-electron chi connectivity index (χ3n) is 5.40. The standard InChI is InChI=1S/C24H21ClF3N4OP/c1-12(14-5-7-16(26)17(27)9-14)31-24-21(25)13(2)30-19-10-18(28)22(32-23(19)24)15-6-8-20(29-11-15)34(3,4)33/h5-12H,1-4H3,(H,30,31)/t12-/m1/s1. The van der Waals surface area contributed by atoms with Gasteiger partial charge < -0.3 is 9.88 Å². The molecule has 0 aliphatic heterocycles. The van der Waals surface area contributed by atoms with Crippen LogP contribution < -0.4 is 10.8 Å². The predicted molar refractivity (Wildman–Crippen MR) is 130 cm³/mol. The first kappa shape index (κ1) is 24.2. The number of halogens is 4. The van der Waals surface area contributed by atoms with Crippen LogP contribution in [0.15, 0.2) is 42.6 Å². The van der Waals surface area contributed by atoms with Gasteiger partial charge in [0.15, 0.2) is 17.5 Å². The molecular weight excluding hydrogens is 484 g/mol. The van der Waals surface area contributed by atoms with Crippen molar-refractivity contribution in [3.8, 4) is 11.3 Å². The van der Waals surface area contributed by atoms with Gasteiger partial charge in [-0.25, -0.2) is 23.1 Å². The maximum absolute atomic E-state index is 15.0. The quantitative estimate of drug-likeness (QED) is 0.315. The van der Waals surface area contributed by atoms with E-state index in [2.05, 4.69) is 20.3 Å². The van der Waals surface area contributed by atoms with Gasteiger partial charge in [0.2, 0.25) is 0 Å². The zero-order valence-electron chi connectivity index (χ0n) is 18.8. The molecule has 1 atom stereocenters. The first-order chi connectivity index (χ1) is 16.0. The molecule has 0 spiro atoms. The summed E-state index contributed by atoms with van der Waals surface area (Å²) in [6.45, 7) is 6.64. The second-order valence-electron chi connectivity index (χ2n) is 8.37. The summed E-state index contributed by atoms with van der Waals surface area (Å²) in [5.41, 5.74) is 2.77. The first-order valence-electron chi connectivity index (χ1n) is 10.4. The van der Waals surface area contributed by atoms with Crippen LogP contribution in [0.25, 0.3) is 22.3 Å². The number of fused-ring (bicyclic) bond motifs is 1. The Morgan fingerprint density at radius 2 is 1.74 bits per heavy atom. The van der Waals surface area contributed by atoms with Crippen molar-refractivity contribution in [3.63, 3.8) is 0 Å². The molecule has 0 saturated heterocycles. The molecule has 4 rings (SSSR count). The van der Waals surface area contributed by atoms with Crippen molar-refractivity contribution in [2.24, 2.45) is 0 Å². The lowest BCUT2D eigenvalue weighted by molar-refractivity contribution is 0.506. The third-order valence-corrected chi connectivity index (χ3v) is 7.23. The van der Waals surface area contributed by atoms with E-state index in [-0.39, 0.29) is 16.2 Å². The topological polar surface area (TPSA) is 67.8 Å². The van der Waals surface area contributed by atoms with Crippen molar-refractivity contribution in [3.05, 3.63) is 76.3 Å². The van der Waals surface area contributed by atoms with Gasteiger partial charge in [0.05, 0.1) is 27.4 Å². The maximum Gasteiger partial charge on any atom is 0.159 e. The number of hydrogen-bond acceptors (Lipinski definition) is 5. The highest BCUT2D eigenvalue weighted by molar-refractivity contribution is 7.69. The molecule has 0 saturated carbocycles. The van der Waals surface area contributed by atoms with Gasteiger partial charge in [0.1, 0.15) is 18.4 Å². The van der Waals surface area contributed by atoms with E-state index in [1.807, 2.05) is 0 Å². The number of benzene rings is 1. The van der Waals surface area contributed by atoms with Crippen molar-refractivity contribution in [2.75, 3.05) is 18.6 Å². The summed E-state index contributed by atoms with van der Waals surface area (Å²) in [4.78, 5) is 13.0. The number of pyridine rings is 3. The van der Waals surface area contributed by atoms with Gasteiger partial charge in [-0.2, -0.15) is 0 Å². The van der Waals surface area contributed by atoms with Crippen molar-refractivity contribution < 1.29 is 17.7 Å². The highest BCUT2D eigenvalue weighted by atomic mass is 35.5. The highest BCUT2D eigenvalue weighted by Gasteiger charge is 2.20. The molecule has 0 radical (unpaired) electrons. The van der Waals surface area contributed by atoms with E-state index in [1.165, 1.54) is 18.3 Å². The molecular formula is C24H21ClF3N4OP. The molecule has 3 heterocycles. The SMILES string of the molecule is Cc1nc2cc(F)c(-c3ccc(P(C)(C)=O)nc3)nc2c(N[C@H](C)c2ccc(F)c(F)c2)c1Cl. The largest absolute Gasteiger partial charge is 0.375 e. The molecule has 10 heteroatoms. The van der Waals surface area contributed by atoms with Crippen LogP contribution in [-0.2, 0) is 4.57 Å². The summed E-state index contributed by atoms with van der Waals surface area (Å²) >= 11 is 6.53. The van der Waals surface area contributed by atoms with Crippen LogP contribution in [0.5, 0.6) is 0 Å². The molecule has 0 aliphatic rings. The lowest BCUT2D eigenvalue weighted by atomic mass is 10.1. The number of nitrogens with zero attached hydrogens (tertiary/aromatic N) is 3. The summed E-state index contributed by atoms with van der Waals surface area (Å²) in [5, 5.41) is 3.46. The van der Waals surface area contributed by atoms with Gasteiger partial charge in [0.25, 0.3) is 0 Å². The van der Waals surface area contributed by atoms with Crippen LogP contribution >= 0.6 is 18.7 Å². The summed E-state index contributed by atoms with van der Waals surface area (Å²) < 4.78 is 54.4. The molecule has 176 valence electrons. The number of hydrogen-bond donors (Lipinski definition) is 1. The van der Waals surface area contributed by atoms with Crippen LogP contribution in [-0.4, -0.2) is 28.3 Å². The molecule has 1 aromatic carbocycles. The van der Waals surface area contributed by atoms with Gasteiger partial charge in [0, 0.05) is 23.9 Å². The van der Waals surface area contributed by atoms with Crippen LogP contribution in [0, 0.1) is 24.4 Å². The number of nitrogens with one attached hydrogen (secondary N) is 1. The van der Waals surface area contributed by atoms with Crippen LogP contribution in [0.1, 0.15) is 24.2 Å². The monoisotopic (exact) mass is 504 g/mol. The van der Waals surface area contributed by atoms with Gasteiger partial charge in [-0.15, -0.1) is 0 Å². The number of anilines is 1. The smallest absolute Gasteiger partial charge is 0.159 e. The second-order valence-corrected chi connectivity index (χ2v) is 11.9. The number of aromatic nitrogens is 3. The van der Waals surface area contributed by atoms with Crippen LogP contribution in [0.2, 0.25) is 5.02 Å². The first-order valence-corrected chi connectivity index (χ1v) is 13.3. The fraction of sp³-hybridized carbons (Fsp3) is 0.208. The molecule has 0 bridgehead atoms. The van der Waals surface area contributed by atoms with Crippen molar-refractivity contribution in [1.29, 1.82) is 0 Å². The van der Waals surface area contributed by atoms with Crippen molar-refractivity contribution in [1.82, 2.24) is 15.0 Å². The van der Waals surface area contributed by atoms with E-state index in [0.717, 1.165) is 12.1 Å². The minimum atomic E-state index is -2.57. The Morgan fingerprint density at radius 1 is 1.00 bits per heavy atom. The third kappa shape index (κ3) is 4.65. The van der Waals surface area contributed by atoms with Gasteiger partial charge in [-0.3, -0.25) is 4.98 Å². The summed E-state index contributed by atoms with van der Waals surface area (Å²) in [7, 11) is -2.57. The fourth-order valence-corrected chi connectivity index (χ4v) is 4.48. The molecule has 0 amide bonds. The lowest BCUT2D eigenvalue weighted by Gasteiger charge is -2.19. The number of aryl methyl sites for hydroxylation is 1. The number of rotatable bonds is 5. The van der Waals surface area contributed by atoms with Gasteiger partial charge in [-0.05, 0) is 57.0 Å². The Hall–Kier alpha value is -2.96. The Labute approximate surface area is 199 Å². The Balaban J connectivity index is 1.82. The Kier molecular flexibility index (Phi) is 6.40. The average Bonchev–Trinajstić information content (AvgIpc) is 2.78. The highest BCUT2D eigenvalue weighted by Crippen LogP contribution is 2.37. The fourth-order valence-electron chi connectivity index (χ4n) is 3.52. The maximum atomic E-state index is 15.0. The molecule has 4 aromatic rings. The molecule has 1 N–H and O–H groups in total. The van der Waals surface area contributed by atoms with E-state index in [4.69, 9.17) is 11.6 Å². The zero-order chi connectivity index (χ0) is 24.8. The molecule has 5 nitrogen and oxygen atoms in total. The molecule has 3 aromatic heterocycles. The summed E-state index contributed by atoms with van der Waals surface area (Å²) in [6.07, 6.45) is 1.42. The van der Waals surface area contributed by atoms with Crippen LogP contribution in [0.3, 0.4) is 0 Å². The van der Waals surface area contributed by atoms with E-state index in [9.17, 15) is 17.7 Å². The van der Waals surface area contributed by atoms with Gasteiger partial charge >= 0.3 is 0 Å². The molecule has 0 unspecified atom stereocenters. The van der Waals surface area contributed by atoms with E-state index < -0.39 is 30.6 Å². The summed E-state index contributed by atoms with van der Waals surface area (Å²) in [5.74, 6) is -2.51. The summed E-state index contributed by atoms with van der Waals surface area (Å²) in [6, 6.07) is 7.60. The van der Waals surface area contributed by atoms with Crippen LogP contribution in [0.4, 0.5) is 18.9 Å². The molecule has 0 fully saturated rings. The molecule has 0 aliphatic carbocycles. The minimum Gasteiger partial charge on any atom is -0.375 e. The Morgan fingerprint density at radius 3 is 2.35 bits per heavy atom. The van der Waals surface area contributed by atoms with Gasteiger partial charge in [-0.1, -0.05) is 17.7 Å². The van der Waals surface area contributed by atoms with E-state index in [1.54, 1.807) is 39.3 Å². The lowest BCUT2D eigenvalue weighted by Crippen LogP contribution is -2.10. The molecule has 34 heavy (non-hydrogen) atoms. The minimum absolute atomic E-state index is 0.0267. The zero-order valence-corrected chi connectivity index (χ0v) is 20.5. The average molecular weight is 505 g/mol. The second kappa shape index (κ2) is 9.01. The Bertz CT molecular complexity index is 1460. The van der Waals surface area contributed by atoms with E-state index >= 15 is 0 Å². The van der Waals surface area contributed by atoms with Crippen molar-refractivity contribution >= 4 is 40.9 Å². The van der Waals surface area contributed by atoms with E-state index in [0.29, 0.717) is 33.5 Å².